The van der Waals surface area contributed by atoms with Gasteiger partial charge in [0.05, 0.1) is 0 Å². The molecule has 70 valence electrons. The van der Waals surface area contributed by atoms with E-state index in [-0.39, 0.29) is 0 Å². The third kappa shape index (κ3) is 1.58. The fraction of sp³-hybridized carbons (Fsp3) is 0.545. The van der Waals surface area contributed by atoms with Crippen LogP contribution in [-0.2, 0) is 6.42 Å². The van der Waals surface area contributed by atoms with E-state index in [1.165, 1.54) is 24.1 Å². The molecule has 1 unspecified atom stereocenters. The van der Waals surface area contributed by atoms with Crippen molar-refractivity contribution in [2.45, 2.75) is 39.0 Å². The molecule has 0 amide bonds. The van der Waals surface area contributed by atoms with E-state index in [2.05, 4.69) is 11.9 Å². The highest BCUT2D eigenvalue weighted by molar-refractivity contribution is 6.31. The Hall–Kier alpha value is -0.560. The minimum Gasteiger partial charge on any atom is -0.258 e. The molecule has 1 aliphatic rings. The second kappa shape index (κ2) is 3.30. The number of hydrogen-bond acceptors (Lipinski definition) is 1. The Kier molecular flexibility index (Phi) is 2.29. The van der Waals surface area contributed by atoms with E-state index in [1.807, 2.05) is 13.0 Å². The minimum atomic E-state index is 0.584. The largest absolute Gasteiger partial charge is 0.258 e. The predicted octanol–water partition coefficient (Wildman–Crippen LogP) is 3.48. The molecule has 1 heterocycles. The smallest absolute Gasteiger partial charge is 0.0481 e. The molecule has 1 aliphatic carbocycles. The van der Waals surface area contributed by atoms with Crippen LogP contribution in [0.2, 0.25) is 5.02 Å². The van der Waals surface area contributed by atoms with Crippen molar-refractivity contribution in [1.29, 1.82) is 0 Å². The van der Waals surface area contributed by atoms with Gasteiger partial charge in [-0.15, -0.1) is 0 Å². The number of hydrogen-bond donors (Lipinski definition) is 0. The van der Waals surface area contributed by atoms with E-state index in [4.69, 9.17) is 11.6 Å². The SMILES string of the molecule is Cc1cc(Cl)c2c(n1)C(C)CCC2. The highest BCUT2D eigenvalue weighted by atomic mass is 35.5. The van der Waals surface area contributed by atoms with Gasteiger partial charge in [-0.2, -0.15) is 0 Å². The van der Waals surface area contributed by atoms with Gasteiger partial charge in [0.15, 0.2) is 0 Å². The maximum atomic E-state index is 6.17. The lowest BCUT2D eigenvalue weighted by atomic mass is 9.88. The standard InChI is InChI=1S/C11H14ClN/c1-7-4-3-5-9-10(12)6-8(2)13-11(7)9/h6-7H,3-5H2,1-2H3. The van der Waals surface area contributed by atoms with Gasteiger partial charge in [-0.05, 0) is 43.7 Å². The molecule has 1 aromatic heterocycles. The average molecular weight is 196 g/mol. The predicted molar refractivity (Wildman–Crippen MR) is 55.3 cm³/mol. The zero-order chi connectivity index (χ0) is 9.42. The lowest BCUT2D eigenvalue weighted by Gasteiger charge is -2.22. The van der Waals surface area contributed by atoms with Crippen LogP contribution in [0, 0.1) is 6.92 Å². The monoisotopic (exact) mass is 195 g/mol. The molecule has 2 heteroatoms. The number of rotatable bonds is 0. The molecule has 0 aliphatic heterocycles. The van der Waals surface area contributed by atoms with Gasteiger partial charge in [0.25, 0.3) is 0 Å². The van der Waals surface area contributed by atoms with E-state index < -0.39 is 0 Å². The molecule has 1 atom stereocenters. The molecule has 1 aromatic rings. The van der Waals surface area contributed by atoms with Crippen molar-refractivity contribution in [3.63, 3.8) is 0 Å². The summed E-state index contributed by atoms with van der Waals surface area (Å²) in [5, 5.41) is 0.911. The Morgan fingerprint density at radius 1 is 1.54 bits per heavy atom. The van der Waals surface area contributed by atoms with Crippen LogP contribution < -0.4 is 0 Å². The zero-order valence-electron chi connectivity index (χ0n) is 8.10. The van der Waals surface area contributed by atoms with Crippen molar-refractivity contribution in [2.24, 2.45) is 0 Å². The Morgan fingerprint density at radius 2 is 2.31 bits per heavy atom. The van der Waals surface area contributed by atoms with Crippen molar-refractivity contribution in [2.75, 3.05) is 0 Å². The Balaban J connectivity index is 2.56. The number of aromatic nitrogens is 1. The first-order valence-electron chi connectivity index (χ1n) is 4.84. The molecule has 0 fully saturated rings. The third-order valence-corrected chi connectivity index (χ3v) is 3.10. The summed E-state index contributed by atoms with van der Waals surface area (Å²) in [5.41, 5.74) is 3.56. The first-order valence-corrected chi connectivity index (χ1v) is 5.22. The van der Waals surface area contributed by atoms with Crippen LogP contribution in [0.1, 0.15) is 42.6 Å². The van der Waals surface area contributed by atoms with Gasteiger partial charge in [0.2, 0.25) is 0 Å². The normalized spacial score (nSPS) is 21.3. The van der Waals surface area contributed by atoms with Crippen LogP contribution >= 0.6 is 11.6 Å². The molecular formula is C11H14ClN. The van der Waals surface area contributed by atoms with E-state index >= 15 is 0 Å². The summed E-state index contributed by atoms with van der Waals surface area (Å²) < 4.78 is 0. The van der Waals surface area contributed by atoms with E-state index in [0.717, 1.165) is 17.1 Å². The van der Waals surface area contributed by atoms with E-state index in [0.29, 0.717) is 5.92 Å². The number of aryl methyl sites for hydroxylation is 1. The third-order valence-electron chi connectivity index (χ3n) is 2.76. The number of nitrogens with zero attached hydrogens (tertiary/aromatic N) is 1. The van der Waals surface area contributed by atoms with Gasteiger partial charge in [-0.25, -0.2) is 0 Å². The molecule has 2 rings (SSSR count). The molecule has 0 spiro atoms. The Bertz CT molecular complexity index is 333. The molecule has 0 saturated carbocycles. The summed E-state index contributed by atoms with van der Waals surface area (Å²) in [6.45, 7) is 4.24. The zero-order valence-corrected chi connectivity index (χ0v) is 8.86. The first kappa shape index (κ1) is 9.01. The van der Waals surface area contributed by atoms with Crippen molar-refractivity contribution in [1.82, 2.24) is 4.98 Å². The van der Waals surface area contributed by atoms with Crippen LogP contribution in [-0.4, -0.2) is 4.98 Å². The molecule has 13 heavy (non-hydrogen) atoms. The first-order chi connectivity index (χ1) is 6.18. The van der Waals surface area contributed by atoms with Gasteiger partial charge >= 0.3 is 0 Å². The minimum absolute atomic E-state index is 0.584. The van der Waals surface area contributed by atoms with Gasteiger partial charge in [0.1, 0.15) is 0 Å². The molecule has 0 saturated heterocycles. The number of fused-ring (bicyclic) bond motifs is 1. The average Bonchev–Trinajstić information content (AvgIpc) is 2.07. The van der Waals surface area contributed by atoms with Gasteiger partial charge < -0.3 is 0 Å². The van der Waals surface area contributed by atoms with Crippen molar-refractivity contribution in [3.05, 3.63) is 28.0 Å². The summed E-state index contributed by atoms with van der Waals surface area (Å²) in [7, 11) is 0. The number of pyridine rings is 1. The maximum absolute atomic E-state index is 6.17. The van der Waals surface area contributed by atoms with Crippen LogP contribution in [0.3, 0.4) is 0 Å². The highest BCUT2D eigenvalue weighted by Gasteiger charge is 2.20. The van der Waals surface area contributed by atoms with E-state index in [1.54, 1.807) is 0 Å². The Morgan fingerprint density at radius 3 is 3.08 bits per heavy atom. The van der Waals surface area contributed by atoms with Crippen molar-refractivity contribution < 1.29 is 0 Å². The van der Waals surface area contributed by atoms with Gasteiger partial charge in [0, 0.05) is 16.4 Å². The lowest BCUT2D eigenvalue weighted by Crippen LogP contribution is -2.10. The van der Waals surface area contributed by atoms with Crippen molar-refractivity contribution >= 4 is 11.6 Å². The second-order valence-corrected chi connectivity index (χ2v) is 4.31. The fourth-order valence-corrected chi connectivity index (χ4v) is 2.41. The summed E-state index contributed by atoms with van der Waals surface area (Å²) in [6, 6.07) is 1.97. The van der Waals surface area contributed by atoms with Crippen LogP contribution in [0.5, 0.6) is 0 Å². The van der Waals surface area contributed by atoms with Crippen LogP contribution in [0.25, 0.3) is 0 Å². The van der Waals surface area contributed by atoms with Crippen LogP contribution in [0.4, 0.5) is 0 Å². The molecule has 1 nitrogen and oxygen atoms in total. The van der Waals surface area contributed by atoms with Crippen molar-refractivity contribution in [3.8, 4) is 0 Å². The quantitative estimate of drug-likeness (QED) is 0.618. The summed E-state index contributed by atoms with van der Waals surface area (Å²) in [4.78, 5) is 4.57. The molecule has 0 N–H and O–H groups in total. The fourth-order valence-electron chi connectivity index (χ4n) is 2.06. The Labute approximate surface area is 84.1 Å². The van der Waals surface area contributed by atoms with Gasteiger partial charge in [-0.1, -0.05) is 18.5 Å². The summed E-state index contributed by atoms with van der Waals surface area (Å²) in [5.74, 6) is 0.584. The molecular weight excluding hydrogens is 182 g/mol. The maximum Gasteiger partial charge on any atom is 0.0481 e. The highest BCUT2D eigenvalue weighted by Crippen LogP contribution is 2.33. The molecule has 0 aromatic carbocycles. The lowest BCUT2D eigenvalue weighted by molar-refractivity contribution is 0.572. The van der Waals surface area contributed by atoms with Crippen LogP contribution in [0.15, 0.2) is 6.07 Å². The van der Waals surface area contributed by atoms with Gasteiger partial charge in [-0.3, -0.25) is 4.98 Å². The number of halogens is 1. The molecule has 0 bridgehead atoms. The second-order valence-electron chi connectivity index (χ2n) is 3.90. The summed E-state index contributed by atoms with van der Waals surface area (Å²) >= 11 is 6.17. The summed E-state index contributed by atoms with van der Waals surface area (Å²) in [6.07, 6.45) is 3.60. The van der Waals surface area contributed by atoms with E-state index in [9.17, 15) is 0 Å². The topological polar surface area (TPSA) is 12.9 Å². The molecule has 0 radical (unpaired) electrons.